The fraction of sp³-hybridized carbons (Fsp3) is 0.261. The number of fused-ring (bicyclic) bond motifs is 3. The third-order valence-corrected chi connectivity index (χ3v) is 6.41. The SMILES string of the molecule is O=C(CSc1nc2c([nH]c3ccccc32)c(=O)n1-c1ccccc1F)NC[C@H]1CCCO1. The fourth-order valence-corrected chi connectivity index (χ4v) is 4.73. The summed E-state index contributed by atoms with van der Waals surface area (Å²) < 4.78 is 21.4. The highest BCUT2D eigenvalue weighted by Gasteiger charge is 2.20. The van der Waals surface area contributed by atoms with Gasteiger partial charge in [0, 0.05) is 24.1 Å². The molecule has 32 heavy (non-hydrogen) atoms. The molecule has 0 radical (unpaired) electrons. The maximum atomic E-state index is 14.6. The molecule has 2 N–H and O–H groups in total. The van der Waals surface area contributed by atoms with Crippen molar-refractivity contribution in [1.82, 2.24) is 19.9 Å². The summed E-state index contributed by atoms with van der Waals surface area (Å²) in [6, 6.07) is 13.5. The Labute approximate surface area is 187 Å². The highest BCUT2D eigenvalue weighted by atomic mass is 32.2. The molecule has 2 aromatic heterocycles. The standard InChI is InChI=1S/C23H21FN4O3S/c24-16-8-2-4-10-18(16)28-22(30)21-20(15-7-1-3-9-17(15)26-21)27-23(28)32-13-19(29)25-12-14-6-5-11-31-14/h1-4,7-10,14,26H,5-6,11-13H2,(H,25,29)/t14-/m1/s1. The zero-order chi connectivity index (χ0) is 22.1. The van der Waals surface area contributed by atoms with Crippen LogP contribution in [0.2, 0.25) is 0 Å². The van der Waals surface area contributed by atoms with Crippen molar-refractivity contribution in [1.29, 1.82) is 0 Å². The zero-order valence-electron chi connectivity index (χ0n) is 17.1. The van der Waals surface area contributed by atoms with Gasteiger partial charge in [0.05, 0.1) is 17.5 Å². The van der Waals surface area contributed by atoms with Crippen LogP contribution in [0, 0.1) is 5.82 Å². The third kappa shape index (κ3) is 3.89. The maximum absolute atomic E-state index is 14.6. The second-order valence-electron chi connectivity index (χ2n) is 7.61. The number of H-pyrrole nitrogens is 1. The molecular weight excluding hydrogens is 431 g/mol. The minimum atomic E-state index is -0.545. The number of ether oxygens (including phenoxy) is 1. The van der Waals surface area contributed by atoms with Crippen LogP contribution in [0.25, 0.3) is 27.6 Å². The summed E-state index contributed by atoms with van der Waals surface area (Å²) in [7, 11) is 0. The molecule has 1 aliphatic heterocycles. The summed E-state index contributed by atoms with van der Waals surface area (Å²) in [5, 5.41) is 3.91. The van der Waals surface area contributed by atoms with Gasteiger partial charge < -0.3 is 15.0 Å². The van der Waals surface area contributed by atoms with Crippen molar-refractivity contribution in [3.8, 4) is 5.69 Å². The number of nitrogens with zero attached hydrogens (tertiary/aromatic N) is 2. The molecule has 4 aromatic rings. The molecule has 1 aliphatic rings. The van der Waals surface area contributed by atoms with E-state index in [1.165, 1.54) is 16.7 Å². The summed E-state index contributed by atoms with van der Waals surface area (Å²) in [6.07, 6.45) is 1.97. The molecule has 5 rings (SSSR count). The molecule has 0 bridgehead atoms. The van der Waals surface area contributed by atoms with Crippen molar-refractivity contribution < 1.29 is 13.9 Å². The van der Waals surface area contributed by atoms with Gasteiger partial charge in [0.25, 0.3) is 5.56 Å². The number of thioether (sulfide) groups is 1. The molecular formula is C23H21FN4O3S. The highest BCUT2D eigenvalue weighted by molar-refractivity contribution is 7.99. The van der Waals surface area contributed by atoms with Crippen LogP contribution in [-0.4, -0.2) is 45.5 Å². The highest BCUT2D eigenvalue weighted by Crippen LogP contribution is 2.27. The Bertz CT molecular complexity index is 1360. The van der Waals surface area contributed by atoms with Crippen LogP contribution in [0.3, 0.4) is 0 Å². The van der Waals surface area contributed by atoms with E-state index in [9.17, 15) is 14.0 Å². The first-order valence-electron chi connectivity index (χ1n) is 10.4. The van der Waals surface area contributed by atoms with Crippen molar-refractivity contribution in [2.45, 2.75) is 24.1 Å². The largest absolute Gasteiger partial charge is 0.376 e. The van der Waals surface area contributed by atoms with Gasteiger partial charge in [-0.25, -0.2) is 9.37 Å². The van der Waals surface area contributed by atoms with Gasteiger partial charge >= 0.3 is 0 Å². The van der Waals surface area contributed by atoms with Gasteiger partial charge in [-0.2, -0.15) is 0 Å². The number of aromatic nitrogens is 3. The average Bonchev–Trinajstić information content (AvgIpc) is 3.45. The van der Waals surface area contributed by atoms with Gasteiger partial charge in [-0.15, -0.1) is 0 Å². The second kappa shape index (κ2) is 8.76. The quantitative estimate of drug-likeness (QED) is 0.346. The Morgan fingerprint density at radius 3 is 2.88 bits per heavy atom. The van der Waals surface area contributed by atoms with Gasteiger partial charge in [0.2, 0.25) is 5.91 Å². The lowest BCUT2D eigenvalue weighted by Crippen LogP contribution is -2.33. The molecule has 1 saturated heterocycles. The molecule has 9 heteroatoms. The molecule has 0 saturated carbocycles. The van der Waals surface area contributed by atoms with Crippen LogP contribution in [0.15, 0.2) is 58.5 Å². The van der Waals surface area contributed by atoms with E-state index in [1.807, 2.05) is 24.3 Å². The average molecular weight is 453 g/mol. The number of rotatable bonds is 6. The number of benzene rings is 2. The van der Waals surface area contributed by atoms with Crippen molar-refractivity contribution >= 4 is 39.6 Å². The maximum Gasteiger partial charge on any atom is 0.283 e. The van der Waals surface area contributed by atoms with Crippen LogP contribution in [0.1, 0.15) is 12.8 Å². The minimum absolute atomic E-state index is 0.0428. The van der Waals surface area contributed by atoms with E-state index < -0.39 is 11.4 Å². The van der Waals surface area contributed by atoms with Gasteiger partial charge in [0.15, 0.2) is 5.16 Å². The summed E-state index contributed by atoms with van der Waals surface area (Å²) in [4.78, 5) is 33.6. The van der Waals surface area contributed by atoms with Crippen molar-refractivity contribution in [3.05, 3.63) is 64.7 Å². The second-order valence-corrected chi connectivity index (χ2v) is 8.55. The summed E-state index contributed by atoms with van der Waals surface area (Å²) in [5.41, 5.74) is 1.23. The molecule has 0 unspecified atom stereocenters. The molecule has 1 atom stereocenters. The van der Waals surface area contributed by atoms with Crippen LogP contribution >= 0.6 is 11.8 Å². The number of carbonyl (C=O) groups excluding carboxylic acids is 1. The molecule has 0 aliphatic carbocycles. The zero-order valence-corrected chi connectivity index (χ0v) is 18.0. The first kappa shape index (κ1) is 20.7. The number of halogens is 1. The molecule has 1 fully saturated rings. The molecule has 1 amide bonds. The van der Waals surface area contributed by atoms with Gasteiger partial charge in [0.1, 0.15) is 16.9 Å². The fourth-order valence-electron chi connectivity index (χ4n) is 3.90. The number of carbonyl (C=O) groups is 1. The Kier molecular flexibility index (Phi) is 5.67. The molecule has 7 nitrogen and oxygen atoms in total. The Balaban J connectivity index is 1.52. The number of para-hydroxylation sites is 2. The lowest BCUT2D eigenvalue weighted by molar-refractivity contribution is -0.119. The predicted octanol–water partition coefficient (Wildman–Crippen LogP) is 3.39. The molecule has 2 aromatic carbocycles. The van der Waals surface area contributed by atoms with E-state index in [2.05, 4.69) is 15.3 Å². The topological polar surface area (TPSA) is 89.0 Å². The number of hydrogen-bond donors (Lipinski definition) is 2. The molecule has 3 heterocycles. The van der Waals surface area contributed by atoms with Crippen molar-refractivity contribution in [2.24, 2.45) is 0 Å². The number of hydrogen-bond acceptors (Lipinski definition) is 5. The van der Waals surface area contributed by atoms with E-state index in [-0.39, 0.29) is 28.6 Å². The van der Waals surface area contributed by atoms with E-state index in [0.717, 1.165) is 42.1 Å². The van der Waals surface area contributed by atoms with Gasteiger partial charge in [-0.05, 0) is 31.0 Å². The first-order valence-corrected chi connectivity index (χ1v) is 11.4. The summed E-state index contributed by atoms with van der Waals surface area (Å²) in [5.74, 6) is -0.697. The van der Waals surface area contributed by atoms with Crippen LogP contribution in [0.5, 0.6) is 0 Å². The summed E-state index contributed by atoms with van der Waals surface area (Å²) in [6.45, 7) is 1.17. The van der Waals surface area contributed by atoms with Crippen molar-refractivity contribution in [2.75, 3.05) is 18.9 Å². The third-order valence-electron chi connectivity index (χ3n) is 5.47. The Morgan fingerprint density at radius 1 is 1.25 bits per heavy atom. The predicted molar refractivity (Wildman–Crippen MR) is 122 cm³/mol. The normalized spacial score (nSPS) is 16.1. The lowest BCUT2D eigenvalue weighted by Gasteiger charge is -2.13. The first-order chi connectivity index (χ1) is 15.6. The Morgan fingerprint density at radius 2 is 2.06 bits per heavy atom. The molecule has 164 valence electrons. The van der Waals surface area contributed by atoms with Crippen molar-refractivity contribution in [3.63, 3.8) is 0 Å². The van der Waals surface area contributed by atoms with E-state index in [0.29, 0.717) is 17.6 Å². The molecule has 0 spiro atoms. The monoisotopic (exact) mass is 452 g/mol. The van der Waals surface area contributed by atoms with E-state index in [1.54, 1.807) is 12.1 Å². The van der Waals surface area contributed by atoms with Crippen LogP contribution in [0.4, 0.5) is 4.39 Å². The van der Waals surface area contributed by atoms with E-state index >= 15 is 0 Å². The number of aromatic amines is 1. The number of nitrogens with one attached hydrogen (secondary N) is 2. The smallest absolute Gasteiger partial charge is 0.283 e. The van der Waals surface area contributed by atoms with Crippen LogP contribution < -0.4 is 10.9 Å². The number of amides is 1. The van der Waals surface area contributed by atoms with Gasteiger partial charge in [-0.1, -0.05) is 42.1 Å². The lowest BCUT2D eigenvalue weighted by atomic mass is 10.2. The minimum Gasteiger partial charge on any atom is -0.376 e. The van der Waals surface area contributed by atoms with Gasteiger partial charge in [-0.3, -0.25) is 14.2 Å². The Hall–Kier alpha value is -3.17. The van der Waals surface area contributed by atoms with Crippen LogP contribution in [-0.2, 0) is 9.53 Å². The van der Waals surface area contributed by atoms with E-state index in [4.69, 9.17) is 4.74 Å². The summed E-state index contributed by atoms with van der Waals surface area (Å²) >= 11 is 1.10.